The van der Waals surface area contributed by atoms with Crippen molar-refractivity contribution in [1.82, 2.24) is 9.88 Å². The Bertz CT molecular complexity index is 982. The summed E-state index contributed by atoms with van der Waals surface area (Å²) in [6.45, 7) is 1.94. The molecule has 0 radical (unpaired) electrons. The van der Waals surface area contributed by atoms with Crippen LogP contribution in [0.3, 0.4) is 0 Å². The highest BCUT2D eigenvalue weighted by atomic mass is 35.5. The van der Waals surface area contributed by atoms with E-state index in [1.54, 1.807) is 4.90 Å². The van der Waals surface area contributed by atoms with Gasteiger partial charge in [0.1, 0.15) is 11.3 Å². The molecule has 0 atom stereocenters. The Kier molecular flexibility index (Phi) is 4.11. The van der Waals surface area contributed by atoms with Crippen LogP contribution >= 0.6 is 11.6 Å². The Hall–Kier alpha value is -2.19. The molecule has 2 N–H and O–H groups in total. The van der Waals surface area contributed by atoms with Crippen LogP contribution in [0.25, 0.3) is 10.9 Å². The molecule has 4 rings (SSSR count). The van der Waals surface area contributed by atoms with Gasteiger partial charge in [-0.25, -0.2) is 13.6 Å². The number of halogens is 3. The zero-order chi connectivity index (χ0) is 18.6. The van der Waals surface area contributed by atoms with Crippen LogP contribution in [-0.4, -0.2) is 41.8 Å². The Morgan fingerprint density at radius 3 is 2.46 bits per heavy atom. The summed E-state index contributed by atoms with van der Waals surface area (Å²) in [5.41, 5.74) is -1.90. The third-order valence-corrected chi connectivity index (χ3v) is 5.23. The molecule has 1 saturated carbocycles. The molecule has 0 spiro atoms. The van der Waals surface area contributed by atoms with Gasteiger partial charge in [0.2, 0.25) is 5.43 Å². The number of pyridine rings is 1. The molecule has 138 valence electrons. The summed E-state index contributed by atoms with van der Waals surface area (Å²) in [7, 11) is 0. The molecular weight excluding hydrogens is 368 g/mol. The van der Waals surface area contributed by atoms with Crippen molar-refractivity contribution >= 4 is 34.2 Å². The Labute approximate surface area is 152 Å². The zero-order valence-electron chi connectivity index (χ0n) is 13.7. The van der Waals surface area contributed by atoms with E-state index < -0.39 is 39.0 Å². The summed E-state index contributed by atoms with van der Waals surface area (Å²) in [5, 5.41) is 11.4. The molecule has 1 aliphatic heterocycles. The second-order valence-corrected chi connectivity index (χ2v) is 6.94. The van der Waals surface area contributed by atoms with Crippen LogP contribution in [0.4, 0.5) is 14.5 Å². The van der Waals surface area contributed by atoms with Gasteiger partial charge in [0.15, 0.2) is 11.6 Å². The van der Waals surface area contributed by atoms with E-state index in [9.17, 15) is 19.1 Å². The first-order valence-electron chi connectivity index (χ1n) is 8.36. The molecule has 26 heavy (non-hydrogen) atoms. The van der Waals surface area contributed by atoms with Crippen molar-refractivity contribution in [3.05, 3.63) is 38.6 Å². The van der Waals surface area contributed by atoms with Crippen molar-refractivity contribution in [2.45, 2.75) is 18.9 Å². The molecule has 0 unspecified atom stereocenters. The van der Waals surface area contributed by atoms with E-state index in [1.165, 1.54) is 4.57 Å². The third kappa shape index (κ3) is 2.55. The third-order valence-electron chi connectivity index (χ3n) is 4.87. The number of aromatic carboxylic acids is 1. The fraction of sp³-hybridized carbons (Fsp3) is 0.412. The van der Waals surface area contributed by atoms with Crippen LogP contribution < -0.4 is 15.6 Å². The topological polar surface area (TPSA) is 74.6 Å². The van der Waals surface area contributed by atoms with E-state index in [0.29, 0.717) is 26.2 Å². The maximum atomic E-state index is 15.4. The lowest BCUT2D eigenvalue weighted by Gasteiger charge is -2.31. The highest BCUT2D eigenvalue weighted by Crippen LogP contribution is 2.42. The minimum absolute atomic E-state index is 0.122. The number of anilines is 1. The molecule has 2 aromatic rings. The number of hydrogen-bond acceptors (Lipinski definition) is 4. The van der Waals surface area contributed by atoms with E-state index in [4.69, 9.17) is 11.6 Å². The summed E-state index contributed by atoms with van der Waals surface area (Å²) in [6.07, 6.45) is 2.60. The van der Waals surface area contributed by atoms with Gasteiger partial charge in [0.25, 0.3) is 0 Å². The molecule has 1 aliphatic carbocycles. The number of benzene rings is 1. The first-order chi connectivity index (χ1) is 12.4. The summed E-state index contributed by atoms with van der Waals surface area (Å²) < 4.78 is 31.7. The van der Waals surface area contributed by atoms with Crippen molar-refractivity contribution in [3.8, 4) is 0 Å². The summed E-state index contributed by atoms with van der Waals surface area (Å²) in [6, 6.07) is -0.122. The average molecular weight is 384 g/mol. The first kappa shape index (κ1) is 17.2. The molecule has 0 bridgehead atoms. The van der Waals surface area contributed by atoms with Gasteiger partial charge < -0.3 is 19.9 Å². The van der Waals surface area contributed by atoms with Gasteiger partial charge in [-0.1, -0.05) is 11.6 Å². The molecule has 2 heterocycles. The number of carbonyl (C=O) groups is 1. The molecule has 0 amide bonds. The summed E-state index contributed by atoms with van der Waals surface area (Å²) in [4.78, 5) is 25.5. The number of carboxylic acid groups (broad SMARTS) is 1. The molecule has 1 saturated heterocycles. The molecule has 1 aromatic carbocycles. The number of hydrogen-bond donors (Lipinski definition) is 2. The Morgan fingerprint density at radius 2 is 1.88 bits per heavy atom. The minimum Gasteiger partial charge on any atom is -0.477 e. The molecule has 2 aliphatic rings. The van der Waals surface area contributed by atoms with Crippen LogP contribution in [0.15, 0.2) is 11.0 Å². The number of aromatic nitrogens is 1. The van der Waals surface area contributed by atoms with Crippen LogP contribution in [0.1, 0.15) is 29.2 Å². The standard InChI is InChI=1S/C17H16ClF2N3O3/c18-11-10-14(13(20)15(12(11)19)22-5-3-21-4-6-22)23(8-1-2-8)7-9(16(10)24)17(25)26/h7-8,21H,1-6H2,(H,25,26). The Balaban J connectivity index is 2.09. The number of nitrogens with one attached hydrogen (secondary N) is 1. The molecular formula is C17H16ClF2N3O3. The minimum atomic E-state index is -1.45. The average Bonchev–Trinajstić information content (AvgIpc) is 3.45. The van der Waals surface area contributed by atoms with Gasteiger partial charge in [-0.2, -0.15) is 0 Å². The zero-order valence-corrected chi connectivity index (χ0v) is 14.4. The lowest BCUT2D eigenvalue weighted by molar-refractivity contribution is 0.0695. The molecule has 6 nitrogen and oxygen atoms in total. The quantitative estimate of drug-likeness (QED) is 0.796. The van der Waals surface area contributed by atoms with Gasteiger partial charge in [-0.3, -0.25) is 4.79 Å². The van der Waals surface area contributed by atoms with E-state index in [2.05, 4.69) is 5.32 Å². The van der Waals surface area contributed by atoms with Crippen molar-refractivity contribution in [1.29, 1.82) is 0 Å². The van der Waals surface area contributed by atoms with Crippen LogP contribution in [0.2, 0.25) is 5.02 Å². The Morgan fingerprint density at radius 1 is 1.23 bits per heavy atom. The predicted octanol–water partition coefficient (Wildman–Crippen LogP) is 2.38. The number of piperazine rings is 1. The van der Waals surface area contributed by atoms with E-state index >= 15 is 4.39 Å². The number of fused-ring (bicyclic) bond motifs is 1. The number of carboxylic acids is 1. The van der Waals surface area contributed by atoms with Crippen molar-refractivity contribution < 1.29 is 18.7 Å². The molecule has 9 heteroatoms. The lowest BCUT2D eigenvalue weighted by atomic mass is 10.1. The summed E-state index contributed by atoms with van der Waals surface area (Å²) >= 11 is 6.11. The number of nitrogens with zero attached hydrogens (tertiary/aromatic N) is 2. The maximum absolute atomic E-state index is 15.4. The van der Waals surface area contributed by atoms with Crippen molar-refractivity contribution in [2.75, 3.05) is 31.1 Å². The second-order valence-electron chi connectivity index (χ2n) is 6.57. The first-order valence-corrected chi connectivity index (χ1v) is 8.74. The van der Waals surface area contributed by atoms with E-state index in [0.717, 1.165) is 19.0 Å². The van der Waals surface area contributed by atoms with Crippen molar-refractivity contribution in [3.63, 3.8) is 0 Å². The van der Waals surface area contributed by atoms with Gasteiger partial charge >= 0.3 is 5.97 Å². The molecule has 1 aromatic heterocycles. The lowest BCUT2D eigenvalue weighted by Crippen LogP contribution is -2.44. The maximum Gasteiger partial charge on any atom is 0.341 e. The highest BCUT2D eigenvalue weighted by Gasteiger charge is 2.33. The van der Waals surface area contributed by atoms with Gasteiger partial charge in [-0.05, 0) is 12.8 Å². The number of rotatable bonds is 3. The van der Waals surface area contributed by atoms with E-state index in [-0.39, 0.29) is 17.2 Å². The van der Waals surface area contributed by atoms with Gasteiger partial charge in [0.05, 0.1) is 15.9 Å². The fourth-order valence-corrected chi connectivity index (χ4v) is 3.71. The fourth-order valence-electron chi connectivity index (χ4n) is 3.44. The van der Waals surface area contributed by atoms with Crippen LogP contribution in [0, 0.1) is 11.6 Å². The molecule has 2 fully saturated rings. The smallest absolute Gasteiger partial charge is 0.341 e. The van der Waals surface area contributed by atoms with Crippen LogP contribution in [-0.2, 0) is 0 Å². The second kappa shape index (κ2) is 6.21. The van der Waals surface area contributed by atoms with Gasteiger partial charge in [-0.15, -0.1) is 0 Å². The normalized spacial score (nSPS) is 17.7. The van der Waals surface area contributed by atoms with Crippen molar-refractivity contribution in [2.24, 2.45) is 0 Å². The SMILES string of the molecule is O=C(O)c1cn(C2CC2)c2c(F)c(N3CCNCC3)c(F)c(Cl)c2c1=O. The van der Waals surface area contributed by atoms with Crippen LogP contribution in [0.5, 0.6) is 0 Å². The largest absolute Gasteiger partial charge is 0.477 e. The monoisotopic (exact) mass is 383 g/mol. The summed E-state index contributed by atoms with van der Waals surface area (Å²) in [5.74, 6) is -3.35. The van der Waals surface area contributed by atoms with E-state index in [1.807, 2.05) is 0 Å². The van der Waals surface area contributed by atoms with Gasteiger partial charge in [0, 0.05) is 38.4 Å². The predicted molar refractivity (Wildman–Crippen MR) is 93.4 cm³/mol. The highest BCUT2D eigenvalue weighted by molar-refractivity contribution is 6.36.